The number of morpholine rings is 1. The summed E-state index contributed by atoms with van der Waals surface area (Å²) in [5.74, 6) is 0.765. The molecule has 1 N–H and O–H groups in total. The summed E-state index contributed by atoms with van der Waals surface area (Å²) in [7, 11) is 0. The van der Waals surface area contributed by atoms with Crippen LogP contribution < -0.4 is 4.90 Å². The minimum absolute atomic E-state index is 0.00837. The molecular formula is C11H13N3O2. The summed E-state index contributed by atoms with van der Waals surface area (Å²) < 4.78 is 5.35. The van der Waals surface area contributed by atoms with Crippen molar-refractivity contribution in [1.29, 1.82) is 5.26 Å². The smallest absolute Gasteiger partial charge is 0.142 e. The average Bonchev–Trinajstić information content (AvgIpc) is 2.39. The maximum absolute atomic E-state index is 9.03. The standard InChI is InChI=1S/C11H13N3O2/c12-6-9-2-1-3-11(13-9)14-4-5-16-10(7-14)8-15/h1-3,10,15H,4-5,7-8H2. The highest BCUT2D eigenvalue weighted by molar-refractivity contribution is 5.42. The van der Waals surface area contributed by atoms with E-state index in [1.807, 2.05) is 23.1 Å². The van der Waals surface area contributed by atoms with Crippen LogP contribution in [0.1, 0.15) is 5.69 Å². The summed E-state index contributed by atoms with van der Waals surface area (Å²) in [5.41, 5.74) is 0.407. The van der Waals surface area contributed by atoms with E-state index in [1.54, 1.807) is 6.07 Å². The number of hydrogen-bond acceptors (Lipinski definition) is 5. The number of ether oxygens (including phenoxy) is 1. The summed E-state index contributed by atoms with van der Waals surface area (Å²) in [6.07, 6.45) is -0.165. The number of aromatic nitrogens is 1. The first kappa shape index (κ1) is 10.9. The van der Waals surface area contributed by atoms with Crippen LogP contribution in [0.4, 0.5) is 5.82 Å². The van der Waals surface area contributed by atoms with Crippen LogP contribution in [0.5, 0.6) is 0 Å². The lowest BCUT2D eigenvalue weighted by Gasteiger charge is -2.32. The number of nitrogens with zero attached hydrogens (tertiary/aromatic N) is 3. The molecule has 5 heteroatoms. The fraction of sp³-hybridized carbons (Fsp3) is 0.455. The minimum atomic E-state index is -0.165. The molecule has 2 rings (SSSR count). The van der Waals surface area contributed by atoms with Gasteiger partial charge in [-0.25, -0.2) is 4.98 Å². The van der Waals surface area contributed by atoms with Gasteiger partial charge in [0.1, 0.15) is 17.6 Å². The Kier molecular flexibility index (Phi) is 3.34. The predicted octanol–water partition coefficient (Wildman–Crippen LogP) is 0.151. The second kappa shape index (κ2) is 4.92. The molecule has 84 valence electrons. The van der Waals surface area contributed by atoms with Crippen LogP contribution in [0.15, 0.2) is 18.2 Å². The number of aliphatic hydroxyl groups excluding tert-OH is 1. The molecule has 0 amide bonds. The molecule has 1 unspecified atom stereocenters. The molecule has 1 aliphatic heterocycles. The number of pyridine rings is 1. The highest BCUT2D eigenvalue weighted by Crippen LogP contribution is 2.15. The van der Waals surface area contributed by atoms with E-state index < -0.39 is 0 Å². The maximum atomic E-state index is 9.03. The Morgan fingerprint density at radius 1 is 1.62 bits per heavy atom. The van der Waals surface area contributed by atoms with Gasteiger partial charge in [-0.15, -0.1) is 0 Å². The summed E-state index contributed by atoms with van der Waals surface area (Å²) in [6, 6.07) is 7.36. The van der Waals surface area contributed by atoms with Crippen molar-refractivity contribution in [1.82, 2.24) is 4.98 Å². The number of rotatable bonds is 2. The molecule has 0 aliphatic carbocycles. The van der Waals surface area contributed by atoms with Crippen LogP contribution in [0.2, 0.25) is 0 Å². The molecule has 0 bridgehead atoms. The van der Waals surface area contributed by atoms with Gasteiger partial charge in [-0.05, 0) is 12.1 Å². The van der Waals surface area contributed by atoms with Gasteiger partial charge in [-0.3, -0.25) is 0 Å². The zero-order chi connectivity index (χ0) is 11.4. The molecule has 1 aromatic heterocycles. The maximum Gasteiger partial charge on any atom is 0.142 e. The first-order valence-electron chi connectivity index (χ1n) is 5.18. The molecule has 1 atom stereocenters. The van der Waals surface area contributed by atoms with E-state index in [0.29, 0.717) is 18.8 Å². The van der Waals surface area contributed by atoms with E-state index in [0.717, 1.165) is 12.4 Å². The molecule has 5 nitrogen and oxygen atoms in total. The Labute approximate surface area is 93.9 Å². The van der Waals surface area contributed by atoms with E-state index in [2.05, 4.69) is 4.98 Å². The van der Waals surface area contributed by atoms with Crippen LogP contribution in [-0.4, -0.2) is 42.5 Å². The fourth-order valence-electron chi connectivity index (χ4n) is 1.70. The van der Waals surface area contributed by atoms with Crippen LogP contribution in [0, 0.1) is 11.3 Å². The monoisotopic (exact) mass is 219 g/mol. The molecule has 16 heavy (non-hydrogen) atoms. The molecule has 1 fully saturated rings. The molecule has 0 aromatic carbocycles. The molecule has 1 aromatic rings. The first-order chi connectivity index (χ1) is 7.83. The fourth-order valence-corrected chi connectivity index (χ4v) is 1.70. The lowest BCUT2D eigenvalue weighted by Crippen LogP contribution is -2.44. The van der Waals surface area contributed by atoms with Crippen molar-refractivity contribution in [3.05, 3.63) is 23.9 Å². The molecule has 0 saturated carbocycles. The number of nitriles is 1. The van der Waals surface area contributed by atoms with Crippen LogP contribution in [-0.2, 0) is 4.74 Å². The lowest BCUT2D eigenvalue weighted by molar-refractivity contribution is 0.00336. The molecule has 1 saturated heterocycles. The van der Waals surface area contributed by atoms with E-state index >= 15 is 0 Å². The van der Waals surface area contributed by atoms with E-state index in [-0.39, 0.29) is 12.7 Å². The van der Waals surface area contributed by atoms with Crippen molar-refractivity contribution in [2.75, 3.05) is 31.2 Å². The predicted molar refractivity (Wildman–Crippen MR) is 58.0 cm³/mol. The Bertz CT molecular complexity index is 402. The number of aliphatic hydroxyl groups is 1. The van der Waals surface area contributed by atoms with Crippen molar-refractivity contribution in [2.45, 2.75) is 6.10 Å². The Morgan fingerprint density at radius 2 is 2.50 bits per heavy atom. The van der Waals surface area contributed by atoms with Gasteiger partial charge in [0.2, 0.25) is 0 Å². The van der Waals surface area contributed by atoms with Crippen molar-refractivity contribution < 1.29 is 9.84 Å². The molecule has 0 radical (unpaired) electrons. The zero-order valence-corrected chi connectivity index (χ0v) is 8.83. The summed E-state index contributed by atoms with van der Waals surface area (Å²) in [6.45, 7) is 1.93. The third kappa shape index (κ3) is 2.30. The number of anilines is 1. The second-order valence-electron chi connectivity index (χ2n) is 3.61. The average molecular weight is 219 g/mol. The first-order valence-corrected chi connectivity index (χ1v) is 5.18. The molecule has 1 aliphatic rings. The molecule has 0 spiro atoms. The van der Waals surface area contributed by atoms with Gasteiger partial charge in [0, 0.05) is 13.1 Å². The summed E-state index contributed by atoms with van der Waals surface area (Å²) in [4.78, 5) is 6.23. The third-order valence-electron chi connectivity index (χ3n) is 2.52. The molecular weight excluding hydrogens is 206 g/mol. The van der Waals surface area contributed by atoms with Gasteiger partial charge < -0.3 is 14.7 Å². The van der Waals surface area contributed by atoms with Gasteiger partial charge in [-0.2, -0.15) is 5.26 Å². The quantitative estimate of drug-likeness (QED) is 0.766. The van der Waals surface area contributed by atoms with E-state index in [9.17, 15) is 0 Å². The molecule has 2 heterocycles. The Morgan fingerprint density at radius 3 is 3.25 bits per heavy atom. The summed E-state index contributed by atoms with van der Waals surface area (Å²) in [5, 5.41) is 17.8. The van der Waals surface area contributed by atoms with Crippen LogP contribution in [0.3, 0.4) is 0 Å². The zero-order valence-electron chi connectivity index (χ0n) is 8.83. The highest BCUT2D eigenvalue weighted by atomic mass is 16.5. The van der Waals surface area contributed by atoms with Crippen molar-refractivity contribution in [2.24, 2.45) is 0 Å². The number of hydrogen-bond donors (Lipinski definition) is 1. The van der Waals surface area contributed by atoms with Crippen LogP contribution in [0.25, 0.3) is 0 Å². The summed E-state index contributed by atoms with van der Waals surface area (Å²) >= 11 is 0. The van der Waals surface area contributed by atoms with Gasteiger partial charge >= 0.3 is 0 Å². The SMILES string of the molecule is N#Cc1cccc(N2CCOC(CO)C2)n1. The second-order valence-corrected chi connectivity index (χ2v) is 3.61. The Hall–Kier alpha value is -1.64. The van der Waals surface area contributed by atoms with Crippen molar-refractivity contribution in [3.63, 3.8) is 0 Å². The Balaban J connectivity index is 2.14. The highest BCUT2D eigenvalue weighted by Gasteiger charge is 2.20. The topological polar surface area (TPSA) is 69.4 Å². The van der Waals surface area contributed by atoms with E-state index in [1.165, 1.54) is 0 Å². The lowest BCUT2D eigenvalue weighted by atomic mass is 10.2. The van der Waals surface area contributed by atoms with Gasteiger partial charge in [0.25, 0.3) is 0 Å². The van der Waals surface area contributed by atoms with Crippen LogP contribution >= 0.6 is 0 Å². The largest absolute Gasteiger partial charge is 0.394 e. The third-order valence-corrected chi connectivity index (χ3v) is 2.52. The van der Waals surface area contributed by atoms with E-state index in [4.69, 9.17) is 15.1 Å². The minimum Gasteiger partial charge on any atom is -0.394 e. The van der Waals surface area contributed by atoms with Gasteiger partial charge in [0.05, 0.1) is 19.3 Å². The normalized spacial score (nSPS) is 20.5. The van der Waals surface area contributed by atoms with Gasteiger partial charge in [0.15, 0.2) is 0 Å². The van der Waals surface area contributed by atoms with Gasteiger partial charge in [-0.1, -0.05) is 6.07 Å². The van der Waals surface area contributed by atoms with Crippen molar-refractivity contribution >= 4 is 5.82 Å². The van der Waals surface area contributed by atoms with Crippen molar-refractivity contribution in [3.8, 4) is 6.07 Å².